The van der Waals surface area contributed by atoms with Crippen molar-refractivity contribution in [1.82, 2.24) is 0 Å². The fourth-order valence-electron chi connectivity index (χ4n) is 1.89. The van der Waals surface area contributed by atoms with E-state index in [0.717, 1.165) is 0 Å². The van der Waals surface area contributed by atoms with Gasteiger partial charge in [0.05, 0.1) is 24.7 Å². The lowest BCUT2D eigenvalue weighted by atomic mass is 10.1. The van der Waals surface area contributed by atoms with Crippen LogP contribution in [0.25, 0.3) is 0 Å². The Hall–Kier alpha value is -0.790. The van der Waals surface area contributed by atoms with Gasteiger partial charge in [0, 0.05) is 12.1 Å². The van der Waals surface area contributed by atoms with Crippen LogP contribution in [-0.2, 0) is 13.9 Å². The second-order valence-corrected chi connectivity index (χ2v) is 5.97. The number of primary amides is 1. The molecule has 0 aromatic carbocycles. The molecule has 1 aliphatic carbocycles. The van der Waals surface area contributed by atoms with Gasteiger partial charge in [0.15, 0.2) is 0 Å². The van der Waals surface area contributed by atoms with Crippen LogP contribution in [0.4, 0.5) is 0 Å². The molecule has 0 aromatic heterocycles. The largest absolute Gasteiger partial charge is 0.469 e. The first-order valence-corrected chi connectivity index (χ1v) is 7.43. The van der Waals surface area contributed by atoms with Gasteiger partial charge < -0.3 is 20.6 Å². The van der Waals surface area contributed by atoms with Crippen LogP contribution in [0.15, 0.2) is 4.99 Å². The van der Waals surface area contributed by atoms with Crippen LogP contribution in [0.5, 0.6) is 0 Å². The maximum Gasteiger partial charge on any atom is 0.469 e. The van der Waals surface area contributed by atoms with Crippen LogP contribution >= 0.6 is 7.82 Å². The van der Waals surface area contributed by atoms with Gasteiger partial charge in [0.25, 0.3) is 0 Å². The maximum atomic E-state index is 10.8. The fourth-order valence-corrected chi connectivity index (χ4v) is 2.28. The predicted molar refractivity (Wildman–Crippen MR) is 67.4 cm³/mol. The molecule has 0 heterocycles. The van der Waals surface area contributed by atoms with Crippen molar-refractivity contribution in [2.45, 2.75) is 31.9 Å². The van der Waals surface area contributed by atoms with E-state index in [1.54, 1.807) is 6.92 Å². The van der Waals surface area contributed by atoms with Crippen molar-refractivity contribution in [2.75, 3.05) is 6.61 Å². The molecule has 4 unspecified atom stereocenters. The normalized spacial score (nSPS) is 29.8. The Morgan fingerprint density at radius 2 is 2.21 bits per heavy atom. The summed E-state index contributed by atoms with van der Waals surface area (Å²) in [6.45, 7) is 1.40. The minimum atomic E-state index is -4.52. The van der Waals surface area contributed by atoms with Crippen molar-refractivity contribution in [3.8, 4) is 0 Å². The Kier molecular flexibility index (Phi) is 5.64. The Balaban J connectivity index is 2.46. The van der Waals surface area contributed by atoms with Crippen molar-refractivity contribution < 1.29 is 28.8 Å². The lowest BCUT2D eigenvalue weighted by Crippen LogP contribution is -2.22. The topological polar surface area (TPSA) is 142 Å². The number of aliphatic hydroxyl groups is 1. The summed E-state index contributed by atoms with van der Waals surface area (Å²) in [6, 6.07) is -0.192. The molecule has 110 valence electrons. The number of aliphatic imine (C=N–C) groups is 1. The van der Waals surface area contributed by atoms with Crippen LogP contribution in [0.1, 0.15) is 19.8 Å². The van der Waals surface area contributed by atoms with E-state index in [-0.39, 0.29) is 18.6 Å². The Labute approximate surface area is 110 Å². The number of carbonyl (C=O) groups excluding carboxylic acids is 1. The molecule has 0 aromatic rings. The summed E-state index contributed by atoms with van der Waals surface area (Å²) in [5, 5.41) is 9.73. The van der Waals surface area contributed by atoms with Gasteiger partial charge in [0.2, 0.25) is 5.91 Å². The van der Waals surface area contributed by atoms with Crippen molar-refractivity contribution >= 4 is 19.9 Å². The summed E-state index contributed by atoms with van der Waals surface area (Å²) in [5.41, 5.74) is 5.08. The average molecular weight is 294 g/mol. The molecule has 9 heteroatoms. The van der Waals surface area contributed by atoms with Crippen LogP contribution < -0.4 is 5.73 Å². The number of hydrogen-bond acceptors (Lipinski definition) is 5. The predicted octanol–water partition coefficient (Wildman–Crippen LogP) is -0.573. The first-order chi connectivity index (χ1) is 8.69. The molecule has 1 aliphatic rings. The SMILES string of the molecule is CC(C=NC1CC(O)C(COP(=O)(O)O)C1)C(N)=O. The molecule has 0 aliphatic heterocycles. The number of rotatable bonds is 6. The second kappa shape index (κ2) is 6.58. The lowest BCUT2D eigenvalue weighted by Gasteiger charge is -2.14. The first kappa shape index (κ1) is 16.3. The smallest absolute Gasteiger partial charge is 0.393 e. The highest BCUT2D eigenvalue weighted by atomic mass is 31.2. The average Bonchev–Trinajstić information content (AvgIpc) is 2.63. The van der Waals surface area contributed by atoms with Gasteiger partial charge in [-0.15, -0.1) is 0 Å². The molecule has 19 heavy (non-hydrogen) atoms. The van der Waals surface area contributed by atoms with E-state index >= 15 is 0 Å². The van der Waals surface area contributed by atoms with Gasteiger partial charge in [-0.25, -0.2) is 4.57 Å². The Morgan fingerprint density at radius 3 is 2.74 bits per heavy atom. The number of amides is 1. The van der Waals surface area contributed by atoms with Gasteiger partial charge in [-0.1, -0.05) is 0 Å². The number of phosphoric ester groups is 1. The molecule has 1 saturated carbocycles. The third-order valence-electron chi connectivity index (χ3n) is 3.06. The number of nitrogens with zero attached hydrogens (tertiary/aromatic N) is 1. The molecule has 0 spiro atoms. The minimum absolute atomic E-state index is 0.192. The zero-order valence-electron chi connectivity index (χ0n) is 10.5. The highest BCUT2D eigenvalue weighted by Crippen LogP contribution is 2.39. The third kappa shape index (κ3) is 5.80. The number of aliphatic hydroxyl groups excluding tert-OH is 1. The minimum Gasteiger partial charge on any atom is -0.393 e. The molecule has 5 N–H and O–H groups in total. The van der Waals surface area contributed by atoms with E-state index in [0.29, 0.717) is 12.8 Å². The van der Waals surface area contributed by atoms with Gasteiger partial charge in [-0.3, -0.25) is 14.3 Å². The molecule has 1 amide bonds. The molecule has 0 bridgehead atoms. The standard InChI is InChI=1S/C10H19N2O6P/c1-6(10(11)14)4-12-8-2-7(9(13)3-8)5-18-19(15,16)17/h4,6-9,13H,2-3,5H2,1H3,(H2,11,14)(H2,15,16,17). The van der Waals surface area contributed by atoms with Crippen LogP contribution in [0, 0.1) is 11.8 Å². The molecule has 8 nitrogen and oxygen atoms in total. The molecule has 0 saturated heterocycles. The van der Waals surface area contributed by atoms with E-state index in [9.17, 15) is 14.5 Å². The zero-order chi connectivity index (χ0) is 14.6. The molecule has 4 atom stereocenters. The van der Waals surface area contributed by atoms with Gasteiger partial charge in [-0.2, -0.15) is 0 Å². The monoisotopic (exact) mass is 294 g/mol. The van der Waals surface area contributed by atoms with E-state index < -0.39 is 25.8 Å². The summed E-state index contributed by atoms with van der Waals surface area (Å²) in [6.07, 6.45) is 1.53. The number of hydrogen-bond donors (Lipinski definition) is 4. The highest BCUT2D eigenvalue weighted by Gasteiger charge is 2.34. The maximum absolute atomic E-state index is 10.8. The van der Waals surface area contributed by atoms with Crippen molar-refractivity contribution in [1.29, 1.82) is 0 Å². The first-order valence-electron chi connectivity index (χ1n) is 5.90. The summed E-state index contributed by atoms with van der Waals surface area (Å²) >= 11 is 0. The Morgan fingerprint density at radius 1 is 1.58 bits per heavy atom. The van der Waals surface area contributed by atoms with Crippen LogP contribution in [-0.4, -0.2) is 45.8 Å². The van der Waals surface area contributed by atoms with Crippen LogP contribution in [0.3, 0.4) is 0 Å². The summed E-state index contributed by atoms with van der Waals surface area (Å²) in [4.78, 5) is 32.2. The summed E-state index contributed by atoms with van der Waals surface area (Å²) < 4.78 is 15.0. The lowest BCUT2D eigenvalue weighted by molar-refractivity contribution is -0.119. The Bertz CT molecular complexity index is 395. The fraction of sp³-hybridized carbons (Fsp3) is 0.800. The molecule has 1 rings (SSSR count). The zero-order valence-corrected chi connectivity index (χ0v) is 11.4. The van der Waals surface area contributed by atoms with Crippen LogP contribution in [0.2, 0.25) is 0 Å². The van der Waals surface area contributed by atoms with E-state index in [1.165, 1.54) is 6.21 Å². The highest BCUT2D eigenvalue weighted by molar-refractivity contribution is 7.46. The molecule has 1 fully saturated rings. The number of carbonyl (C=O) groups is 1. The quantitative estimate of drug-likeness (QED) is 0.381. The molecular formula is C10H19N2O6P. The molecular weight excluding hydrogens is 275 g/mol. The van der Waals surface area contributed by atoms with Gasteiger partial charge in [0.1, 0.15) is 0 Å². The van der Waals surface area contributed by atoms with Gasteiger partial charge in [-0.05, 0) is 19.8 Å². The molecule has 0 radical (unpaired) electrons. The van der Waals surface area contributed by atoms with Crippen molar-refractivity contribution in [3.05, 3.63) is 0 Å². The van der Waals surface area contributed by atoms with E-state index in [1.807, 2.05) is 0 Å². The number of nitrogens with two attached hydrogens (primary N) is 1. The summed E-state index contributed by atoms with van der Waals surface area (Å²) in [7, 11) is -4.52. The summed E-state index contributed by atoms with van der Waals surface area (Å²) in [5.74, 6) is -1.34. The second-order valence-electron chi connectivity index (χ2n) is 4.73. The number of phosphoric acid groups is 1. The van der Waals surface area contributed by atoms with Crippen molar-refractivity contribution in [2.24, 2.45) is 22.6 Å². The van der Waals surface area contributed by atoms with Gasteiger partial charge >= 0.3 is 7.82 Å². The third-order valence-corrected chi connectivity index (χ3v) is 3.54. The van der Waals surface area contributed by atoms with E-state index in [2.05, 4.69) is 9.52 Å². The van der Waals surface area contributed by atoms with Crippen molar-refractivity contribution in [3.63, 3.8) is 0 Å². The van der Waals surface area contributed by atoms with E-state index in [4.69, 9.17) is 15.5 Å².